The van der Waals surface area contributed by atoms with Gasteiger partial charge >= 0.3 is 0 Å². The number of nitrogens with zero attached hydrogens (tertiary/aromatic N) is 2. The molecular formula is C19H17N3O2. The van der Waals surface area contributed by atoms with Crippen LogP contribution in [0.15, 0.2) is 66.7 Å². The molecular weight excluding hydrogens is 302 g/mol. The van der Waals surface area contributed by atoms with Gasteiger partial charge in [0, 0.05) is 17.3 Å². The van der Waals surface area contributed by atoms with Crippen molar-refractivity contribution in [1.82, 2.24) is 10.2 Å². The number of methoxy groups -OCH3 is 1. The molecule has 2 aromatic carbocycles. The fourth-order valence-electron chi connectivity index (χ4n) is 2.29. The average Bonchev–Trinajstić information content (AvgIpc) is 2.63. The molecule has 120 valence electrons. The van der Waals surface area contributed by atoms with Crippen molar-refractivity contribution >= 4 is 11.6 Å². The minimum Gasteiger partial charge on any atom is -0.480 e. The first-order valence-corrected chi connectivity index (χ1v) is 7.56. The van der Waals surface area contributed by atoms with Gasteiger partial charge < -0.3 is 10.1 Å². The third kappa shape index (κ3) is 3.95. The molecule has 0 aliphatic rings. The summed E-state index contributed by atoms with van der Waals surface area (Å²) in [6.45, 7) is 0. The SMILES string of the molecule is COc1ccc(-c2ccc(NC(=O)Cc3ccccc3)cc2)nn1. The topological polar surface area (TPSA) is 64.1 Å². The first kappa shape index (κ1) is 15.7. The summed E-state index contributed by atoms with van der Waals surface area (Å²) in [7, 11) is 1.55. The third-order valence-electron chi connectivity index (χ3n) is 3.52. The largest absolute Gasteiger partial charge is 0.480 e. The summed E-state index contributed by atoms with van der Waals surface area (Å²) in [5, 5.41) is 10.9. The normalized spacial score (nSPS) is 10.2. The summed E-state index contributed by atoms with van der Waals surface area (Å²) in [6.07, 6.45) is 0.354. The minimum atomic E-state index is -0.0433. The molecule has 0 unspecified atom stereocenters. The van der Waals surface area contributed by atoms with Gasteiger partial charge in [0.05, 0.1) is 19.2 Å². The maximum atomic E-state index is 12.1. The molecule has 0 aliphatic heterocycles. The zero-order valence-electron chi connectivity index (χ0n) is 13.3. The van der Waals surface area contributed by atoms with Crippen LogP contribution >= 0.6 is 0 Å². The van der Waals surface area contributed by atoms with Crippen molar-refractivity contribution in [2.45, 2.75) is 6.42 Å². The second-order valence-corrected chi connectivity index (χ2v) is 5.25. The summed E-state index contributed by atoms with van der Waals surface area (Å²) < 4.78 is 5.00. The molecule has 0 radical (unpaired) electrons. The first-order chi connectivity index (χ1) is 11.7. The quantitative estimate of drug-likeness (QED) is 0.783. The number of hydrogen-bond donors (Lipinski definition) is 1. The van der Waals surface area contributed by atoms with E-state index in [2.05, 4.69) is 15.5 Å². The second-order valence-electron chi connectivity index (χ2n) is 5.25. The van der Waals surface area contributed by atoms with E-state index in [1.807, 2.05) is 60.7 Å². The van der Waals surface area contributed by atoms with Crippen LogP contribution < -0.4 is 10.1 Å². The number of amides is 1. The van der Waals surface area contributed by atoms with E-state index in [0.29, 0.717) is 12.3 Å². The van der Waals surface area contributed by atoms with Crippen LogP contribution in [0, 0.1) is 0 Å². The average molecular weight is 319 g/mol. The van der Waals surface area contributed by atoms with E-state index in [9.17, 15) is 4.79 Å². The highest BCUT2D eigenvalue weighted by Gasteiger charge is 2.05. The Morgan fingerprint density at radius 2 is 1.71 bits per heavy atom. The van der Waals surface area contributed by atoms with Crippen LogP contribution in [0.5, 0.6) is 5.88 Å². The van der Waals surface area contributed by atoms with Crippen LogP contribution in [0.4, 0.5) is 5.69 Å². The van der Waals surface area contributed by atoms with Crippen molar-refractivity contribution in [2.24, 2.45) is 0 Å². The zero-order chi connectivity index (χ0) is 16.8. The number of ether oxygens (including phenoxy) is 1. The van der Waals surface area contributed by atoms with Crippen molar-refractivity contribution < 1.29 is 9.53 Å². The van der Waals surface area contributed by atoms with Crippen molar-refractivity contribution in [3.8, 4) is 17.1 Å². The molecule has 1 amide bonds. The van der Waals surface area contributed by atoms with Gasteiger partial charge in [-0.15, -0.1) is 10.2 Å². The van der Waals surface area contributed by atoms with Crippen molar-refractivity contribution in [3.63, 3.8) is 0 Å². The monoisotopic (exact) mass is 319 g/mol. The van der Waals surface area contributed by atoms with Gasteiger partial charge in [0.2, 0.25) is 11.8 Å². The lowest BCUT2D eigenvalue weighted by atomic mass is 10.1. The van der Waals surface area contributed by atoms with Gasteiger partial charge in [-0.05, 0) is 23.8 Å². The van der Waals surface area contributed by atoms with Crippen LogP contribution in [0.1, 0.15) is 5.56 Å². The van der Waals surface area contributed by atoms with Gasteiger partial charge in [-0.25, -0.2) is 0 Å². The second kappa shape index (κ2) is 7.37. The molecule has 0 atom stereocenters. The Hall–Kier alpha value is -3.21. The zero-order valence-corrected chi connectivity index (χ0v) is 13.3. The summed E-state index contributed by atoms with van der Waals surface area (Å²) >= 11 is 0. The Kier molecular flexibility index (Phi) is 4.81. The maximum absolute atomic E-state index is 12.1. The van der Waals surface area contributed by atoms with Crippen LogP contribution in [-0.4, -0.2) is 23.2 Å². The Morgan fingerprint density at radius 1 is 0.958 bits per heavy atom. The van der Waals surface area contributed by atoms with E-state index >= 15 is 0 Å². The van der Waals surface area contributed by atoms with Gasteiger partial charge in [-0.3, -0.25) is 4.79 Å². The number of carbonyl (C=O) groups is 1. The number of anilines is 1. The standard InChI is InChI=1S/C19H17N3O2/c1-24-19-12-11-17(21-22-19)15-7-9-16(10-8-15)20-18(23)13-14-5-3-2-4-6-14/h2-12H,13H2,1H3,(H,20,23). The molecule has 1 heterocycles. The van der Waals surface area contributed by atoms with Crippen molar-refractivity contribution in [2.75, 3.05) is 12.4 Å². The lowest BCUT2D eigenvalue weighted by Gasteiger charge is -2.07. The van der Waals surface area contributed by atoms with Crippen molar-refractivity contribution in [3.05, 3.63) is 72.3 Å². The Bertz CT molecular complexity index is 800. The van der Waals surface area contributed by atoms with Crippen LogP contribution in [0.25, 0.3) is 11.3 Å². The molecule has 0 aliphatic carbocycles. The Morgan fingerprint density at radius 3 is 2.33 bits per heavy atom. The molecule has 0 saturated carbocycles. The first-order valence-electron chi connectivity index (χ1n) is 7.56. The highest BCUT2D eigenvalue weighted by atomic mass is 16.5. The molecule has 24 heavy (non-hydrogen) atoms. The molecule has 0 spiro atoms. The summed E-state index contributed by atoms with van der Waals surface area (Å²) in [4.78, 5) is 12.1. The van der Waals surface area contributed by atoms with E-state index in [4.69, 9.17) is 4.74 Å². The summed E-state index contributed by atoms with van der Waals surface area (Å²) in [5.74, 6) is 0.432. The number of benzene rings is 2. The molecule has 0 bridgehead atoms. The lowest BCUT2D eigenvalue weighted by molar-refractivity contribution is -0.115. The maximum Gasteiger partial charge on any atom is 0.233 e. The Balaban J connectivity index is 1.64. The fraction of sp³-hybridized carbons (Fsp3) is 0.105. The molecule has 3 aromatic rings. The third-order valence-corrected chi connectivity index (χ3v) is 3.52. The summed E-state index contributed by atoms with van der Waals surface area (Å²) in [6, 6.07) is 20.8. The summed E-state index contributed by atoms with van der Waals surface area (Å²) in [5.41, 5.74) is 3.41. The highest BCUT2D eigenvalue weighted by Crippen LogP contribution is 2.20. The molecule has 0 saturated heterocycles. The van der Waals surface area contributed by atoms with E-state index < -0.39 is 0 Å². The fourth-order valence-corrected chi connectivity index (χ4v) is 2.29. The van der Waals surface area contributed by atoms with Gasteiger partial charge in [-0.1, -0.05) is 42.5 Å². The van der Waals surface area contributed by atoms with Crippen LogP contribution in [0.3, 0.4) is 0 Å². The van der Waals surface area contributed by atoms with E-state index in [1.54, 1.807) is 13.2 Å². The van der Waals surface area contributed by atoms with Crippen molar-refractivity contribution in [1.29, 1.82) is 0 Å². The molecule has 5 nitrogen and oxygen atoms in total. The lowest BCUT2D eigenvalue weighted by Crippen LogP contribution is -2.14. The number of nitrogens with one attached hydrogen (secondary N) is 1. The smallest absolute Gasteiger partial charge is 0.233 e. The molecule has 5 heteroatoms. The molecule has 3 rings (SSSR count). The van der Waals surface area contributed by atoms with Crippen LogP contribution in [-0.2, 0) is 11.2 Å². The minimum absolute atomic E-state index is 0.0433. The van der Waals surface area contributed by atoms with Gasteiger partial charge in [0.25, 0.3) is 0 Å². The predicted octanol–water partition coefficient (Wildman–Crippen LogP) is 3.33. The molecule has 1 N–H and O–H groups in total. The molecule has 0 fully saturated rings. The number of carbonyl (C=O) groups excluding carboxylic acids is 1. The van der Waals surface area contributed by atoms with E-state index in [-0.39, 0.29) is 5.91 Å². The predicted molar refractivity (Wildman–Crippen MR) is 92.8 cm³/mol. The van der Waals surface area contributed by atoms with Gasteiger partial charge in [0.1, 0.15) is 0 Å². The van der Waals surface area contributed by atoms with E-state index in [1.165, 1.54) is 0 Å². The Labute approximate surface area is 140 Å². The molecule has 1 aromatic heterocycles. The number of rotatable bonds is 5. The number of aromatic nitrogens is 2. The highest BCUT2D eigenvalue weighted by molar-refractivity contribution is 5.92. The van der Waals surface area contributed by atoms with Gasteiger partial charge in [-0.2, -0.15) is 0 Å². The van der Waals surface area contributed by atoms with Crippen LogP contribution in [0.2, 0.25) is 0 Å². The van der Waals surface area contributed by atoms with E-state index in [0.717, 1.165) is 22.5 Å². The number of hydrogen-bond acceptors (Lipinski definition) is 4. The van der Waals surface area contributed by atoms with Gasteiger partial charge in [0.15, 0.2) is 0 Å².